The molecule has 2 unspecified atom stereocenters. The number of hydrogen-bond donors (Lipinski definition) is 2. The minimum atomic E-state index is -0.701. The summed E-state index contributed by atoms with van der Waals surface area (Å²) in [5, 5.41) is 13.4. The first-order chi connectivity index (χ1) is 15.9. The largest absolute Gasteiger partial charge is 0.493 e. The van der Waals surface area contributed by atoms with Crippen LogP contribution in [0, 0.1) is 11.8 Å². The number of carboxylic acid groups (broad SMARTS) is 1. The van der Waals surface area contributed by atoms with Crippen LogP contribution in [0.3, 0.4) is 0 Å². The first kappa shape index (κ1) is 28.0. The van der Waals surface area contributed by atoms with E-state index in [4.69, 9.17) is 9.47 Å². The zero-order chi connectivity index (χ0) is 23.8. The van der Waals surface area contributed by atoms with Crippen molar-refractivity contribution in [1.29, 1.82) is 0 Å². The van der Waals surface area contributed by atoms with Crippen LogP contribution < -0.4 is 14.8 Å². The molecule has 1 aliphatic rings. The second-order valence-corrected chi connectivity index (χ2v) is 9.49. The van der Waals surface area contributed by atoms with Crippen LogP contribution in [-0.4, -0.2) is 38.4 Å². The van der Waals surface area contributed by atoms with Gasteiger partial charge in [-0.3, -0.25) is 4.79 Å². The fraction of sp³-hybridized carbons (Fsp3) is 0.536. The van der Waals surface area contributed by atoms with Crippen molar-refractivity contribution in [1.82, 2.24) is 5.32 Å². The van der Waals surface area contributed by atoms with Gasteiger partial charge in [0.2, 0.25) is 0 Å². The van der Waals surface area contributed by atoms with E-state index in [-0.39, 0.29) is 30.2 Å². The highest BCUT2D eigenvalue weighted by Crippen LogP contribution is 2.50. The Balaban J connectivity index is 0.00000408. The van der Waals surface area contributed by atoms with E-state index in [0.717, 1.165) is 56.7 Å². The Morgan fingerprint density at radius 1 is 1.12 bits per heavy atom. The molecule has 188 valence electrons. The van der Waals surface area contributed by atoms with E-state index in [0.29, 0.717) is 5.92 Å². The third kappa shape index (κ3) is 6.25. The van der Waals surface area contributed by atoms with Crippen molar-refractivity contribution in [3.8, 4) is 11.5 Å². The molecule has 0 aliphatic heterocycles. The minimum Gasteiger partial charge on any atom is -0.493 e. The Morgan fingerprint density at radius 2 is 1.85 bits per heavy atom. The average molecular weight is 490 g/mol. The second-order valence-electron chi connectivity index (χ2n) is 9.49. The summed E-state index contributed by atoms with van der Waals surface area (Å²) >= 11 is 0. The number of nitrogens with one attached hydrogen (secondary N) is 1. The molecule has 0 bridgehead atoms. The molecule has 2 aromatic carbocycles. The van der Waals surface area contributed by atoms with Gasteiger partial charge in [0.25, 0.3) is 0 Å². The number of aryl methyl sites for hydroxylation is 2. The number of ether oxygens (including phenoxy) is 2. The maximum atomic E-state index is 11.9. The summed E-state index contributed by atoms with van der Waals surface area (Å²) in [7, 11) is 3.31. The maximum Gasteiger partial charge on any atom is 0.304 e. The van der Waals surface area contributed by atoms with Gasteiger partial charge in [-0.25, -0.2) is 0 Å². The van der Waals surface area contributed by atoms with Crippen molar-refractivity contribution >= 4 is 18.4 Å². The van der Waals surface area contributed by atoms with Gasteiger partial charge in [0.05, 0.1) is 20.6 Å². The van der Waals surface area contributed by atoms with Crippen molar-refractivity contribution in [3.05, 3.63) is 59.2 Å². The summed E-state index contributed by atoms with van der Waals surface area (Å²) in [4.78, 5) is 11.9. The molecule has 0 fully saturated rings. The molecule has 2 atom stereocenters. The molecule has 2 N–H and O–H groups in total. The maximum absolute atomic E-state index is 11.9. The van der Waals surface area contributed by atoms with Crippen LogP contribution in [0.15, 0.2) is 42.5 Å². The average Bonchev–Trinajstić information content (AvgIpc) is 2.81. The molecule has 0 saturated carbocycles. The fourth-order valence-corrected chi connectivity index (χ4v) is 5.73. The zero-order valence-electron chi connectivity index (χ0n) is 20.9. The van der Waals surface area contributed by atoms with E-state index < -0.39 is 5.97 Å². The molecule has 3 rings (SSSR count). The summed E-state index contributed by atoms with van der Waals surface area (Å²) in [5.74, 6) is 1.45. The normalized spacial score (nSPS) is 19.3. The van der Waals surface area contributed by atoms with Gasteiger partial charge in [0.1, 0.15) is 0 Å². The van der Waals surface area contributed by atoms with Crippen molar-refractivity contribution < 1.29 is 19.4 Å². The molecule has 0 amide bonds. The highest BCUT2D eigenvalue weighted by Gasteiger charge is 2.47. The molecule has 0 spiro atoms. The van der Waals surface area contributed by atoms with Crippen molar-refractivity contribution in [3.63, 3.8) is 0 Å². The molecule has 0 heterocycles. The van der Waals surface area contributed by atoms with E-state index in [9.17, 15) is 9.90 Å². The number of benzene rings is 2. The zero-order valence-corrected chi connectivity index (χ0v) is 21.7. The van der Waals surface area contributed by atoms with Gasteiger partial charge >= 0.3 is 5.97 Å². The third-order valence-corrected chi connectivity index (χ3v) is 7.42. The van der Waals surface area contributed by atoms with Gasteiger partial charge < -0.3 is 19.9 Å². The van der Waals surface area contributed by atoms with Crippen LogP contribution >= 0.6 is 12.4 Å². The van der Waals surface area contributed by atoms with Gasteiger partial charge in [-0.1, -0.05) is 44.2 Å². The van der Waals surface area contributed by atoms with Crippen molar-refractivity contribution in [2.45, 2.75) is 57.8 Å². The standard InChI is InChI=1S/C28H39NO4.ClH/c1-20(2)28(19-27(30)31)23(13-12-22-9-5-6-10-24(22)28)15-17-29-16-7-8-21-11-14-25(32-3)26(18-21)33-4;/h5-6,9-11,14,18,20,23,29H,7-8,12-13,15-17,19H2,1-4H3,(H,30,31);1H. The Hall–Kier alpha value is -2.24. The lowest BCUT2D eigenvalue weighted by molar-refractivity contribution is -0.140. The number of carboxylic acids is 1. The molecule has 34 heavy (non-hydrogen) atoms. The summed E-state index contributed by atoms with van der Waals surface area (Å²) < 4.78 is 10.7. The van der Waals surface area contributed by atoms with Gasteiger partial charge in [-0.05, 0) is 85.9 Å². The van der Waals surface area contributed by atoms with Gasteiger partial charge in [0, 0.05) is 5.41 Å². The van der Waals surface area contributed by atoms with E-state index in [2.05, 4.69) is 49.5 Å². The molecule has 0 saturated heterocycles. The van der Waals surface area contributed by atoms with E-state index >= 15 is 0 Å². The smallest absolute Gasteiger partial charge is 0.304 e. The lowest BCUT2D eigenvalue weighted by Crippen LogP contribution is -2.46. The molecule has 5 nitrogen and oxygen atoms in total. The Morgan fingerprint density at radius 3 is 2.53 bits per heavy atom. The topological polar surface area (TPSA) is 67.8 Å². The summed E-state index contributed by atoms with van der Waals surface area (Å²) in [6, 6.07) is 14.6. The Kier molecular flexibility index (Phi) is 10.7. The summed E-state index contributed by atoms with van der Waals surface area (Å²) in [5.41, 5.74) is 3.51. The lowest BCUT2D eigenvalue weighted by Gasteiger charge is -2.48. The number of halogens is 1. The quantitative estimate of drug-likeness (QED) is 0.376. The van der Waals surface area contributed by atoms with Gasteiger partial charge in [0.15, 0.2) is 11.5 Å². The molecule has 0 radical (unpaired) electrons. The first-order valence-corrected chi connectivity index (χ1v) is 12.1. The minimum absolute atomic E-state index is 0. The molecule has 0 aromatic heterocycles. The number of methoxy groups -OCH3 is 2. The van der Waals surface area contributed by atoms with E-state index in [1.807, 2.05) is 12.1 Å². The number of carbonyl (C=O) groups is 1. The van der Waals surface area contributed by atoms with E-state index in [1.165, 1.54) is 16.7 Å². The van der Waals surface area contributed by atoms with Gasteiger partial charge in [-0.15, -0.1) is 12.4 Å². The Labute approximate surface area is 210 Å². The second kappa shape index (κ2) is 13.0. The van der Waals surface area contributed by atoms with Crippen LogP contribution in [-0.2, 0) is 23.1 Å². The van der Waals surface area contributed by atoms with E-state index in [1.54, 1.807) is 14.2 Å². The number of rotatable bonds is 12. The molecular weight excluding hydrogens is 450 g/mol. The lowest BCUT2D eigenvalue weighted by atomic mass is 9.55. The number of hydrogen-bond acceptors (Lipinski definition) is 4. The van der Waals surface area contributed by atoms with Crippen molar-refractivity contribution in [2.24, 2.45) is 11.8 Å². The van der Waals surface area contributed by atoms with Gasteiger partial charge in [-0.2, -0.15) is 0 Å². The summed E-state index contributed by atoms with van der Waals surface area (Å²) in [6.45, 7) is 6.22. The van der Waals surface area contributed by atoms with Crippen molar-refractivity contribution in [2.75, 3.05) is 27.3 Å². The third-order valence-electron chi connectivity index (χ3n) is 7.42. The van der Waals surface area contributed by atoms with Crippen LogP contribution in [0.5, 0.6) is 11.5 Å². The molecule has 6 heteroatoms. The molecular formula is C28H40ClNO4. The van der Waals surface area contributed by atoms with Crippen LogP contribution in [0.25, 0.3) is 0 Å². The predicted molar refractivity (Wildman–Crippen MR) is 140 cm³/mol. The molecule has 2 aromatic rings. The molecule has 1 aliphatic carbocycles. The van der Waals surface area contributed by atoms with Crippen LogP contribution in [0.4, 0.5) is 0 Å². The first-order valence-electron chi connectivity index (χ1n) is 12.1. The van der Waals surface area contributed by atoms with Crippen LogP contribution in [0.2, 0.25) is 0 Å². The highest BCUT2D eigenvalue weighted by atomic mass is 35.5. The number of fused-ring (bicyclic) bond motifs is 1. The highest BCUT2D eigenvalue weighted by molar-refractivity contribution is 5.85. The SMILES string of the molecule is COc1ccc(CCCNCCC2CCc3ccccc3C2(CC(=O)O)C(C)C)cc1OC.Cl. The fourth-order valence-electron chi connectivity index (χ4n) is 5.73. The van der Waals surface area contributed by atoms with Crippen LogP contribution in [0.1, 0.15) is 56.2 Å². The summed E-state index contributed by atoms with van der Waals surface area (Å²) in [6.07, 6.45) is 5.29. The Bertz CT molecular complexity index is 932. The number of aliphatic carboxylic acids is 1. The monoisotopic (exact) mass is 489 g/mol. The predicted octanol–water partition coefficient (Wildman–Crippen LogP) is 5.67.